The molecule has 0 radical (unpaired) electrons. The first-order valence-electron chi connectivity index (χ1n) is 4.27. The number of rotatable bonds is 5. The number of aliphatic hydroxyl groups is 2. The maximum atomic E-state index is 10.8. The van der Waals surface area contributed by atoms with Gasteiger partial charge in [0.1, 0.15) is 6.61 Å². The molecule has 0 aromatic heterocycles. The Morgan fingerprint density at radius 3 is 2.62 bits per heavy atom. The zero-order valence-corrected chi connectivity index (χ0v) is 7.99. The van der Waals surface area contributed by atoms with E-state index in [2.05, 4.69) is 10.1 Å². The Bertz CT molecular complexity index is 149. The molecule has 1 unspecified atom stereocenters. The molecular formula is C8H17NO4. The molecule has 0 aliphatic heterocycles. The molecule has 1 atom stereocenters. The van der Waals surface area contributed by atoms with Crippen LogP contribution < -0.4 is 5.32 Å². The van der Waals surface area contributed by atoms with E-state index in [1.807, 2.05) is 13.8 Å². The Balaban J connectivity index is 3.46. The van der Waals surface area contributed by atoms with Crippen molar-refractivity contribution in [1.29, 1.82) is 0 Å². The molecule has 0 heterocycles. The molecule has 0 saturated carbocycles. The fourth-order valence-corrected chi connectivity index (χ4v) is 0.613. The van der Waals surface area contributed by atoms with Crippen LogP contribution in [0.15, 0.2) is 0 Å². The minimum Gasteiger partial charge on any atom is -0.447 e. The van der Waals surface area contributed by atoms with Gasteiger partial charge in [0.25, 0.3) is 0 Å². The van der Waals surface area contributed by atoms with Crippen molar-refractivity contribution in [1.82, 2.24) is 5.32 Å². The molecule has 0 aromatic carbocycles. The summed E-state index contributed by atoms with van der Waals surface area (Å²) >= 11 is 0. The summed E-state index contributed by atoms with van der Waals surface area (Å²) in [5, 5.41) is 20.0. The van der Waals surface area contributed by atoms with Gasteiger partial charge < -0.3 is 20.3 Å². The highest BCUT2D eigenvalue weighted by atomic mass is 16.6. The number of amides is 1. The van der Waals surface area contributed by atoms with Crippen LogP contribution in [-0.2, 0) is 4.74 Å². The lowest BCUT2D eigenvalue weighted by molar-refractivity contribution is 0.0990. The molecular weight excluding hydrogens is 174 g/mol. The minimum atomic E-state index is -0.617. The summed E-state index contributed by atoms with van der Waals surface area (Å²) in [6, 6.07) is 0. The van der Waals surface area contributed by atoms with Crippen molar-refractivity contribution < 1.29 is 19.7 Å². The molecule has 13 heavy (non-hydrogen) atoms. The molecule has 0 bridgehead atoms. The monoisotopic (exact) mass is 191 g/mol. The molecule has 5 heteroatoms. The summed E-state index contributed by atoms with van der Waals surface area (Å²) < 4.78 is 4.51. The van der Waals surface area contributed by atoms with Gasteiger partial charge in [0, 0.05) is 6.54 Å². The summed E-state index contributed by atoms with van der Waals surface area (Å²) in [4.78, 5) is 10.8. The zero-order valence-electron chi connectivity index (χ0n) is 7.99. The normalized spacial score (nSPS) is 12.7. The van der Waals surface area contributed by atoms with E-state index in [-0.39, 0.29) is 25.7 Å². The standard InChI is InChI=1S/C8H17NO4/c1-6(2)7(11)5-9-8(12)13-4-3-10/h6-7,10-11H,3-5H2,1-2H3,(H,9,12). The van der Waals surface area contributed by atoms with Crippen molar-refractivity contribution >= 4 is 6.09 Å². The van der Waals surface area contributed by atoms with E-state index < -0.39 is 12.2 Å². The van der Waals surface area contributed by atoms with Crippen molar-refractivity contribution in [3.05, 3.63) is 0 Å². The van der Waals surface area contributed by atoms with E-state index in [9.17, 15) is 9.90 Å². The van der Waals surface area contributed by atoms with Gasteiger partial charge in [-0.15, -0.1) is 0 Å². The first kappa shape index (κ1) is 12.2. The van der Waals surface area contributed by atoms with Gasteiger partial charge in [-0.2, -0.15) is 0 Å². The van der Waals surface area contributed by atoms with Crippen molar-refractivity contribution in [2.75, 3.05) is 19.8 Å². The third-order valence-electron chi connectivity index (χ3n) is 1.55. The zero-order chi connectivity index (χ0) is 10.3. The van der Waals surface area contributed by atoms with Gasteiger partial charge in [0.2, 0.25) is 0 Å². The van der Waals surface area contributed by atoms with Crippen molar-refractivity contribution in [3.8, 4) is 0 Å². The van der Waals surface area contributed by atoms with Gasteiger partial charge in [0.05, 0.1) is 12.7 Å². The second kappa shape index (κ2) is 6.68. The summed E-state index contributed by atoms with van der Waals surface area (Å²) in [6.07, 6.45) is -1.18. The van der Waals surface area contributed by atoms with Crippen molar-refractivity contribution in [3.63, 3.8) is 0 Å². The second-order valence-electron chi connectivity index (χ2n) is 3.05. The maximum Gasteiger partial charge on any atom is 0.407 e. The molecule has 5 nitrogen and oxygen atoms in total. The van der Waals surface area contributed by atoms with Crippen LogP contribution in [0.1, 0.15) is 13.8 Å². The van der Waals surface area contributed by atoms with Crippen molar-refractivity contribution in [2.24, 2.45) is 5.92 Å². The highest BCUT2D eigenvalue weighted by Crippen LogP contribution is 1.98. The number of ether oxygens (including phenoxy) is 1. The number of aliphatic hydroxyl groups excluding tert-OH is 2. The van der Waals surface area contributed by atoms with Crippen LogP contribution in [0.5, 0.6) is 0 Å². The Hall–Kier alpha value is -0.810. The average molecular weight is 191 g/mol. The molecule has 0 saturated heterocycles. The molecule has 0 aliphatic carbocycles. The van der Waals surface area contributed by atoms with Gasteiger partial charge in [-0.25, -0.2) is 4.79 Å². The molecule has 0 spiro atoms. The van der Waals surface area contributed by atoms with Gasteiger partial charge in [-0.1, -0.05) is 13.8 Å². The number of hydrogen-bond acceptors (Lipinski definition) is 4. The predicted molar refractivity (Wildman–Crippen MR) is 47.3 cm³/mol. The highest BCUT2D eigenvalue weighted by molar-refractivity contribution is 5.67. The van der Waals surface area contributed by atoms with Gasteiger partial charge in [-0.05, 0) is 5.92 Å². The van der Waals surface area contributed by atoms with Crippen LogP contribution in [0.4, 0.5) is 4.79 Å². The van der Waals surface area contributed by atoms with Crippen LogP contribution in [-0.4, -0.2) is 42.2 Å². The van der Waals surface area contributed by atoms with Crippen LogP contribution in [0, 0.1) is 5.92 Å². The Kier molecular flexibility index (Phi) is 6.26. The molecule has 0 aliphatic rings. The third kappa shape index (κ3) is 6.36. The fraction of sp³-hybridized carbons (Fsp3) is 0.875. The number of hydrogen-bond donors (Lipinski definition) is 3. The largest absolute Gasteiger partial charge is 0.447 e. The average Bonchev–Trinajstić information content (AvgIpc) is 2.10. The molecule has 3 N–H and O–H groups in total. The lowest BCUT2D eigenvalue weighted by Crippen LogP contribution is -2.35. The topological polar surface area (TPSA) is 78.8 Å². The molecule has 0 aromatic rings. The van der Waals surface area contributed by atoms with E-state index in [0.717, 1.165) is 0 Å². The first-order valence-corrected chi connectivity index (χ1v) is 4.27. The summed E-state index contributed by atoms with van der Waals surface area (Å²) in [5.74, 6) is 0.0955. The van der Waals surface area contributed by atoms with Gasteiger partial charge >= 0.3 is 6.09 Å². The SMILES string of the molecule is CC(C)C(O)CNC(=O)OCCO. The Labute approximate surface area is 77.7 Å². The van der Waals surface area contributed by atoms with E-state index >= 15 is 0 Å². The number of carbonyl (C=O) groups is 1. The summed E-state index contributed by atoms with van der Waals surface area (Å²) in [5.41, 5.74) is 0. The fourth-order valence-electron chi connectivity index (χ4n) is 0.613. The highest BCUT2D eigenvalue weighted by Gasteiger charge is 2.10. The second-order valence-corrected chi connectivity index (χ2v) is 3.05. The van der Waals surface area contributed by atoms with E-state index in [1.165, 1.54) is 0 Å². The van der Waals surface area contributed by atoms with E-state index in [1.54, 1.807) is 0 Å². The predicted octanol–water partition coefficient (Wildman–Crippen LogP) is -0.278. The van der Waals surface area contributed by atoms with Crippen LogP contribution in [0.2, 0.25) is 0 Å². The number of nitrogens with one attached hydrogen (secondary N) is 1. The van der Waals surface area contributed by atoms with E-state index in [4.69, 9.17) is 5.11 Å². The van der Waals surface area contributed by atoms with Crippen molar-refractivity contribution in [2.45, 2.75) is 20.0 Å². The molecule has 78 valence electrons. The lowest BCUT2D eigenvalue weighted by Gasteiger charge is -2.14. The molecule has 0 fully saturated rings. The summed E-state index contributed by atoms with van der Waals surface area (Å²) in [7, 11) is 0. The van der Waals surface area contributed by atoms with Gasteiger partial charge in [0.15, 0.2) is 0 Å². The Morgan fingerprint density at radius 2 is 2.15 bits per heavy atom. The third-order valence-corrected chi connectivity index (χ3v) is 1.55. The molecule has 0 rings (SSSR count). The smallest absolute Gasteiger partial charge is 0.407 e. The minimum absolute atomic E-state index is 0.0242. The lowest BCUT2D eigenvalue weighted by atomic mass is 10.1. The maximum absolute atomic E-state index is 10.8. The van der Waals surface area contributed by atoms with Crippen LogP contribution in [0.25, 0.3) is 0 Å². The quantitative estimate of drug-likeness (QED) is 0.558. The number of carbonyl (C=O) groups excluding carboxylic acids is 1. The van der Waals surface area contributed by atoms with Crippen LogP contribution >= 0.6 is 0 Å². The number of alkyl carbamates (subject to hydrolysis) is 1. The first-order chi connectivity index (χ1) is 6.07. The van der Waals surface area contributed by atoms with Gasteiger partial charge in [-0.3, -0.25) is 0 Å². The van der Waals surface area contributed by atoms with E-state index in [0.29, 0.717) is 0 Å². The van der Waals surface area contributed by atoms with Crippen LogP contribution in [0.3, 0.4) is 0 Å². The molecule has 1 amide bonds. The summed E-state index contributed by atoms with van der Waals surface area (Å²) in [6.45, 7) is 3.66. The Morgan fingerprint density at radius 1 is 1.54 bits per heavy atom.